The fourth-order valence-corrected chi connectivity index (χ4v) is 1.02. The highest BCUT2D eigenvalue weighted by atomic mass is 15.1. The number of hydrogen-bond donors (Lipinski definition) is 0. The first-order valence-corrected chi connectivity index (χ1v) is 4.41. The summed E-state index contributed by atoms with van der Waals surface area (Å²) in [5.41, 5.74) is 9.22. The number of rotatable bonds is 4. The van der Waals surface area contributed by atoms with Crippen LogP contribution in [0.1, 0.15) is 17.7 Å². The Morgan fingerprint density at radius 1 is 1.67 bits per heavy atom. The van der Waals surface area contributed by atoms with E-state index < -0.39 is 0 Å². The van der Waals surface area contributed by atoms with Crippen molar-refractivity contribution >= 4 is 6.08 Å². The van der Waals surface area contributed by atoms with Crippen LogP contribution in [-0.4, -0.2) is 11.5 Å². The van der Waals surface area contributed by atoms with Crippen molar-refractivity contribution in [3.8, 4) is 6.07 Å². The normalized spacial score (nSPS) is 9.53. The van der Waals surface area contributed by atoms with E-state index in [0.29, 0.717) is 24.2 Å². The summed E-state index contributed by atoms with van der Waals surface area (Å²) in [6.07, 6.45) is 5.86. The Morgan fingerprint density at radius 3 is 3.27 bits per heavy atom. The molecule has 0 saturated carbocycles. The molecule has 0 aliphatic rings. The molecule has 0 N–H and O–H groups in total. The minimum absolute atomic E-state index is 0.418. The lowest BCUT2D eigenvalue weighted by molar-refractivity contribution is 0.995. The molecular formula is C10H9N5. The van der Waals surface area contributed by atoms with Crippen molar-refractivity contribution < 1.29 is 0 Å². The average Bonchev–Trinajstić information content (AvgIpc) is 2.29. The summed E-state index contributed by atoms with van der Waals surface area (Å²) in [7, 11) is 0. The first-order valence-electron chi connectivity index (χ1n) is 4.41. The van der Waals surface area contributed by atoms with Crippen LogP contribution in [0.2, 0.25) is 0 Å². The standard InChI is InChI=1S/C10H9N5/c11-8-9-4-3-6-13-10(9)5-1-2-7-14-15-12/h1,3-6H,2,7H2. The van der Waals surface area contributed by atoms with Crippen LogP contribution in [0.15, 0.2) is 29.5 Å². The zero-order chi connectivity index (χ0) is 10.9. The lowest BCUT2D eigenvalue weighted by Crippen LogP contribution is -1.85. The van der Waals surface area contributed by atoms with Gasteiger partial charge in [0.2, 0.25) is 0 Å². The van der Waals surface area contributed by atoms with Gasteiger partial charge in [-0.05, 0) is 30.2 Å². The molecule has 15 heavy (non-hydrogen) atoms. The van der Waals surface area contributed by atoms with Crippen molar-refractivity contribution in [3.05, 3.63) is 46.1 Å². The van der Waals surface area contributed by atoms with Gasteiger partial charge in [-0.15, -0.1) is 0 Å². The Labute approximate surface area is 87.3 Å². The Balaban J connectivity index is 2.64. The molecule has 1 heterocycles. The lowest BCUT2D eigenvalue weighted by atomic mass is 10.2. The van der Waals surface area contributed by atoms with Gasteiger partial charge in [0.25, 0.3) is 0 Å². The van der Waals surface area contributed by atoms with Crippen molar-refractivity contribution in [2.75, 3.05) is 6.54 Å². The topological polar surface area (TPSA) is 85.4 Å². The molecule has 0 saturated heterocycles. The van der Waals surface area contributed by atoms with E-state index in [1.165, 1.54) is 0 Å². The fourth-order valence-electron chi connectivity index (χ4n) is 1.02. The maximum atomic E-state index is 8.77. The van der Waals surface area contributed by atoms with E-state index in [-0.39, 0.29) is 0 Å². The highest BCUT2D eigenvalue weighted by Gasteiger charge is 1.96. The van der Waals surface area contributed by atoms with E-state index in [9.17, 15) is 0 Å². The summed E-state index contributed by atoms with van der Waals surface area (Å²) in [6.45, 7) is 0.418. The molecule has 0 radical (unpaired) electrons. The minimum Gasteiger partial charge on any atom is -0.256 e. The van der Waals surface area contributed by atoms with E-state index >= 15 is 0 Å². The predicted octanol–water partition coefficient (Wildman–Crippen LogP) is 2.67. The van der Waals surface area contributed by atoms with Gasteiger partial charge < -0.3 is 0 Å². The maximum Gasteiger partial charge on any atom is 0.101 e. The van der Waals surface area contributed by atoms with Gasteiger partial charge >= 0.3 is 0 Å². The van der Waals surface area contributed by atoms with Crippen LogP contribution in [0.3, 0.4) is 0 Å². The zero-order valence-electron chi connectivity index (χ0n) is 8.04. The molecule has 5 heteroatoms. The Kier molecular flexibility index (Phi) is 4.44. The van der Waals surface area contributed by atoms with Gasteiger partial charge in [0.05, 0.1) is 11.3 Å². The van der Waals surface area contributed by atoms with Gasteiger partial charge in [-0.25, -0.2) is 0 Å². The average molecular weight is 199 g/mol. The number of nitriles is 1. The van der Waals surface area contributed by atoms with Gasteiger partial charge in [0.15, 0.2) is 0 Å². The monoisotopic (exact) mass is 199 g/mol. The van der Waals surface area contributed by atoms with E-state index in [4.69, 9.17) is 10.8 Å². The van der Waals surface area contributed by atoms with Crippen LogP contribution in [-0.2, 0) is 0 Å². The molecule has 0 bridgehead atoms. The molecular weight excluding hydrogens is 190 g/mol. The summed E-state index contributed by atoms with van der Waals surface area (Å²) in [4.78, 5) is 6.69. The third kappa shape index (κ3) is 3.51. The van der Waals surface area contributed by atoms with Crippen LogP contribution < -0.4 is 0 Å². The molecule has 0 unspecified atom stereocenters. The molecule has 0 amide bonds. The Bertz CT molecular complexity index is 437. The summed E-state index contributed by atoms with van der Waals surface area (Å²) in [6, 6.07) is 5.48. The van der Waals surface area contributed by atoms with E-state index in [0.717, 1.165) is 0 Å². The largest absolute Gasteiger partial charge is 0.256 e. The van der Waals surface area contributed by atoms with Crippen LogP contribution in [0.25, 0.3) is 16.5 Å². The summed E-state index contributed by atoms with van der Waals surface area (Å²) >= 11 is 0. The molecule has 74 valence electrons. The van der Waals surface area contributed by atoms with Crippen LogP contribution >= 0.6 is 0 Å². The first-order chi connectivity index (χ1) is 7.38. The van der Waals surface area contributed by atoms with Crippen LogP contribution in [0, 0.1) is 11.3 Å². The van der Waals surface area contributed by atoms with Crippen LogP contribution in [0.5, 0.6) is 0 Å². The molecule has 0 fully saturated rings. The Hall–Kier alpha value is -2.31. The molecule has 0 spiro atoms. The molecule has 0 aromatic carbocycles. The molecule has 0 atom stereocenters. The van der Waals surface area contributed by atoms with E-state index in [1.54, 1.807) is 24.4 Å². The molecule has 0 aliphatic heterocycles. The molecule has 0 aliphatic carbocycles. The predicted molar refractivity (Wildman–Crippen MR) is 56.6 cm³/mol. The summed E-state index contributed by atoms with van der Waals surface area (Å²) < 4.78 is 0. The number of nitrogens with zero attached hydrogens (tertiary/aromatic N) is 5. The van der Waals surface area contributed by atoms with Crippen molar-refractivity contribution in [1.29, 1.82) is 5.26 Å². The zero-order valence-corrected chi connectivity index (χ0v) is 8.04. The number of aromatic nitrogens is 1. The van der Waals surface area contributed by atoms with Crippen LogP contribution in [0.4, 0.5) is 0 Å². The smallest absolute Gasteiger partial charge is 0.101 e. The van der Waals surface area contributed by atoms with E-state index in [2.05, 4.69) is 21.1 Å². The van der Waals surface area contributed by atoms with Gasteiger partial charge in [0, 0.05) is 17.7 Å². The van der Waals surface area contributed by atoms with Gasteiger partial charge in [-0.2, -0.15) is 5.26 Å². The number of pyridine rings is 1. The minimum atomic E-state index is 0.418. The van der Waals surface area contributed by atoms with Gasteiger partial charge in [0.1, 0.15) is 6.07 Å². The van der Waals surface area contributed by atoms with E-state index in [1.807, 2.05) is 6.08 Å². The lowest BCUT2D eigenvalue weighted by Gasteiger charge is -1.94. The molecule has 1 aromatic heterocycles. The highest BCUT2D eigenvalue weighted by Crippen LogP contribution is 2.05. The second-order valence-corrected chi connectivity index (χ2v) is 2.69. The summed E-state index contributed by atoms with van der Waals surface area (Å²) in [5.74, 6) is 0. The number of hydrogen-bond acceptors (Lipinski definition) is 3. The van der Waals surface area contributed by atoms with Gasteiger partial charge in [-0.3, -0.25) is 4.98 Å². The van der Waals surface area contributed by atoms with Crippen molar-refractivity contribution in [2.45, 2.75) is 6.42 Å². The maximum absolute atomic E-state index is 8.77. The second kappa shape index (κ2) is 6.19. The number of azide groups is 1. The Morgan fingerprint density at radius 2 is 2.53 bits per heavy atom. The SMILES string of the molecule is N#Cc1cccnc1C=CCCN=[N+]=[N-]. The van der Waals surface area contributed by atoms with Gasteiger partial charge in [-0.1, -0.05) is 11.2 Å². The first kappa shape index (κ1) is 10.8. The summed E-state index contributed by atoms with van der Waals surface area (Å²) in [5, 5.41) is 12.2. The second-order valence-electron chi connectivity index (χ2n) is 2.69. The molecule has 1 aromatic rings. The molecule has 1 rings (SSSR count). The third-order valence-corrected chi connectivity index (χ3v) is 1.69. The van der Waals surface area contributed by atoms with Crippen molar-refractivity contribution in [1.82, 2.24) is 4.98 Å². The van der Waals surface area contributed by atoms with Crippen molar-refractivity contribution in [2.24, 2.45) is 5.11 Å². The van der Waals surface area contributed by atoms with Crippen molar-refractivity contribution in [3.63, 3.8) is 0 Å². The quantitative estimate of drug-likeness (QED) is 0.323. The fraction of sp³-hybridized carbons (Fsp3) is 0.200. The highest BCUT2D eigenvalue weighted by molar-refractivity contribution is 5.53. The molecule has 5 nitrogen and oxygen atoms in total. The third-order valence-electron chi connectivity index (χ3n) is 1.69.